The van der Waals surface area contributed by atoms with Crippen molar-refractivity contribution in [2.24, 2.45) is 0 Å². The molecule has 94 valence electrons. The number of anilines is 1. The molecule has 1 aliphatic rings. The van der Waals surface area contributed by atoms with Crippen LogP contribution in [0.1, 0.15) is 18.5 Å². The highest BCUT2D eigenvalue weighted by molar-refractivity contribution is 7.19. The lowest BCUT2D eigenvalue weighted by Gasteiger charge is -1.96. The maximum absolute atomic E-state index is 4.68. The third kappa shape index (κ3) is 2.94. The highest BCUT2D eigenvalue weighted by Gasteiger charge is 2.14. The van der Waals surface area contributed by atoms with Crippen molar-refractivity contribution in [3.63, 3.8) is 0 Å². The number of thiazole rings is 1. The maximum atomic E-state index is 4.68. The van der Waals surface area contributed by atoms with Gasteiger partial charge in [-0.25, -0.2) is 4.98 Å². The van der Waals surface area contributed by atoms with Crippen molar-refractivity contribution in [3.8, 4) is 10.7 Å². The number of aryl methyl sites for hydroxylation is 1. The first-order valence-corrected chi connectivity index (χ1v) is 6.12. The van der Waals surface area contributed by atoms with E-state index in [1.54, 1.807) is 11.3 Å². The van der Waals surface area contributed by atoms with E-state index >= 15 is 0 Å². The number of nitrogens with zero attached hydrogens (tertiary/aromatic N) is 1. The number of H-pyrrole nitrogens is 1. The van der Waals surface area contributed by atoms with E-state index in [0.29, 0.717) is 0 Å². The molecule has 0 fully saturated rings. The third-order valence-corrected chi connectivity index (χ3v) is 3.74. The molecule has 0 saturated heterocycles. The van der Waals surface area contributed by atoms with Gasteiger partial charge < -0.3 is 10.3 Å². The topological polar surface area (TPSA) is 40.7 Å². The summed E-state index contributed by atoms with van der Waals surface area (Å²) in [5, 5.41) is 5.81. The van der Waals surface area contributed by atoms with Crippen LogP contribution in [-0.4, -0.2) is 16.5 Å². The summed E-state index contributed by atoms with van der Waals surface area (Å²) in [6.07, 6.45) is 5.55. The van der Waals surface area contributed by atoms with Crippen LogP contribution in [0.3, 0.4) is 0 Å². The van der Waals surface area contributed by atoms with E-state index in [9.17, 15) is 0 Å². The van der Waals surface area contributed by atoms with Gasteiger partial charge in [-0.15, -0.1) is 24.8 Å². The molecule has 1 aliphatic heterocycles. The lowest BCUT2D eigenvalue weighted by atomic mass is 10.2. The minimum atomic E-state index is 0. The molecule has 0 bridgehead atoms. The summed E-state index contributed by atoms with van der Waals surface area (Å²) in [5.41, 5.74) is 2.36. The molecule has 0 aliphatic carbocycles. The first-order valence-electron chi connectivity index (χ1n) is 5.31. The highest BCUT2D eigenvalue weighted by Crippen LogP contribution is 2.33. The standard InChI is InChI=1S/C11H13N3S.2ClH/c1-2-6-13-10-9(4-1)14-11(15-10)8-5-3-7-12-8;;/h3,5,7,12-13H,1-2,4,6H2;2*1H. The summed E-state index contributed by atoms with van der Waals surface area (Å²) in [7, 11) is 0. The van der Waals surface area contributed by atoms with Crippen molar-refractivity contribution in [1.29, 1.82) is 0 Å². The molecule has 2 aromatic rings. The van der Waals surface area contributed by atoms with Crippen molar-refractivity contribution < 1.29 is 0 Å². The Bertz CT molecular complexity index is 430. The van der Waals surface area contributed by atoms with Crippen LogP contribution in [-0.2, 0) is 6.42 Å². The van der Waals surface area contributed by atoms with Gasteiger partial charge in [-0.05, 0) is 31.4 Å². The second-order valence-electron chi connectivity index (χ2n) is 3.76. The van der Waals surface area contributed by atoms with Gasteiger partial charge in [0.1, 0.15) is 10.0 Å². The van der Waals surface area contributed by atoms with E-state index in [1.807, 2.05) is 12.3 Å². The van der Waals surface area contributed by atoms with Gasteiger partial charge in [0.15, 0.2) is 0 Å². The molecule has 0 amide bonds. The van der Waals surface area contributed by atoms with Crippen LogP contribution in [0.25, 0.3) is 10.7 Å². The Balaban J connectivity index is 0.000000722. The van der Waals surface area contributed by atoms with Crippen molar-refractivity contribution >= 4 is 41.2 Å². The molecule has 3 rings (SSSR count). The molecule has 0 atom stereocenters. The van der Waals surface area contributed by atoms with Gasteiger partial charge in [0, 0.05) is 12.7 Å². The van der Waals surface area contributed by atoms with Crippen LogP contribution in [0.5, 0.6) is 0 Å². The SMILES string of the molecule is Cl.Cl.c1c[nH]c(-c2nc3c(s2)NCCCC3)c1. The van der Waals surface area contributed by atoms with Crippen LogP contribution >= 0.6 is 36.2 Å². The van der Waals surface area contributed by atoms with Gasteiger partial charge >= 0.3 is 0 Å². The maximum Gasteiger partial charge on any atom is 0.141 e. The molecule has 0 aromatic carbocycles. The summed E-state index contributed by atoms with van der Waals surface area (Å²) in [6, 6.07) is 4.08. The lowest BCUT2D eigenvalue weighted by molar-refractivity contribution is 0.775. The number of hydrogen-bond donors (Lipinski definition) is 2. The molecule has 3 heterocycles. The zero-order chi connectivity index (χ0) is 10.1. The Morgan fingerprint density at radius 1 is 1.24 bits per heavy atom. The number of fused-ring (bicyclic) bond motifs is 1. The fraction of sp³-hybridized carbons (Fsp3) is 0.364. The van der Waals surface area contributed by atoms with Gasteiger partial charge in [-0.2, -0.15) is 0 Å². The molecular weight excluding hydrogens is 277 g/mol. The average molecular weight is 292 g/mol. The Kier molecular flexibility index (Phi) is 5.31. The number of hydrogen-bond acceptors (Lipinski definition) is 3. The number of aromatic nitrogens is 2. The molecule has 17 heavy (non-hydrogen) atoms. The van der Waals surface area contributed by atoms with Gasteiger partial charge in [0.2, 0.25) is 0 Å². The van der Waals surface area contributed by atoms with Crippen LogP contribution in [0, 0.1) is 0 Å². The number of halogens is 2. The quantitative estimate of drug-likeness (QED) is 0.841. The Labute approximate surface area is 117 Å². The number of aromatic amines is 1. The van der Waals surface area contributed by atoms with Gasteiger partial charge in [-0.1, -0.05) is 11.3 Å². The summed E-state index contributed by atoms with van der Waals surface area (Å²) in [6.45, 7) is 1.08. The molecule has 0 radical (unpaired) electrons. The van der Waals surface area contributed by atoms with Crippen LogP contribution in [0.2, 0.25) is 0 Å². The van der Waals surface area contributed by atoms with E-state index < -0.39 is 0 Å². The molecule has 2 aromatic heterocycles. The first-order chi connectivity index (χ1) is 7.43. The van der Waals surface area contributed by atoms with Gasteiger partial charge in [0.25, 0.3) is 0 Å². The van der Waals surface area contributed by atoms with E-state index in [0.717, 1.165) is 23.7 Å². The molecule has 0 unspecified atom stereocenters. The predicted octanol–water partition coefficient (Wildman–Crippen LogP) is 3.73. The van der Waals surface area contributed by atoms with Crippen molar-refractivity contribution in [2.75, 3.05) is 11.9 Å². The zero-order valence-corrected chi connectivity index (χ0v) is 11.7. The zero-order valence-electron chi connectivity index (χ0n) is 9.23. The highest BCUT2D eigenvalue weighted by atomic mass is 35.5. The van der Waals surface area contributed by atoms with Gasteiger partial charge in [0.05, 0.1) is 11.4 Å². The van der Waals surface area contributed by atoms with Gasteiger partial charge in [-0.3, -0.25) is 0 Å². The molecular formula is C11H15Cl2N3S. The monoisotopic (exact) mass is 291 g/mol. The minimum absolute atomic E-state index is 0. The lowest BCUT2D eigenvalue weighted by Crippen LogP contribution is -1.96. The van der Waals surface area contributed by atoms with Crippen molar-refractivity contribution in [1.82, 2.24) is 9.97 Å². The van der Waals surface area contributed by atoms with Crippen LogP contribution in [0.4, 0.5) is 5.00 Å². The van der Waals surface area contributed by atoms with Crippen LogP contribution < -0.4 is 5.32 Å². The van der Waals surface area contributed by atoms with E-state index in [-0.39, 0.29) is 24.8 Å². The largest absolute Gasteiger partial charge is 0.375 e. The first kappa shape index (κ1) is 14.4. The second kappa shape index (κ2) is 6.28. The number of rotatable bonds is 1. The van der Waals surface area contributed by atoms with E-state index in [1.165, 1.54) is 23.5 Å². The van der Waals surface area contributed by atoms with Crippen molar-refractivity contribution in [2.45, 2.75) is 19.3 Å². The summed E-state index contributed by atoms with van der Waals surface area (Å²) in [4.78, 5) is 7.88. The molecule has 6 heteroatoms. The summed E-state index contributed by atoms with van der Waals surface area (Å²) in [5.74, 6) is 0. The third-order valence-electron chi connectivity index (χ3n) is 2.65. The predicted molar refractivity (Wildman–Crippen MR) is 77.8 cm³/mol. The Hall–Kier alpha value is -0.710. The smallest absolute Gasteiger partial charge is 0.141 e. The van der Waals surface area contributed by atoms with E-state index in [4.69, 9.17) is 0 Å². The van der Waals surface area contributed by atoms with E-state index in [2.05, 4.69) is 21.4 Å². The molecule has 0 spiro atoms. The Morgan fingerprint density at radius 2 is 2.12 bits per heavy atom. The second-order valence-corrected chi connectivity index (χ2v) is 4.76. The Morgan fingerprint density at radius 3 is 2.88 bits per heavy atom. The normalized spacial score (nSPS) is 13.6. The average Bonchev–Trinajstić information content (AvgIpc) is 2.84. The summed E-state index contributed by atoms with van der Waals surface area (Å²) < 4.78 is 0. The molecule has 2 N–H and O–H groups in total. The molecule has 3 nitrogen and oxygen atoms in total. The fourth-order valence-electron chi connectivity index (χ4n) is 1.86. The van der Waals surface area contributed by atoms with Crippen molar-refractivity contribution in [3.05, 3.63) is 24.0 Å². The fourth-order valence-corrected chi connectivity index (χ4v) is 2.88. The minimum Gasteiger partial charge on any atom is -0.375 e. The van der Waals surface area contributed by atoms with Crippen LogP contribution in [0.15, 0.2) is 18.3 Å². The molecule has 0 saturated carbocycles. The summed E-state index contributed by atoms with van der Waals surface area (Å²) >= 11 is 1.75. The number of nitrogens with one attached hydrogen (secondary N) is 2.